The van der Waals surface area contributed by atoms with Gasteiger partial charge in [0.05, 0.1) is 14.2 Å². The molecule has 0 radical (unpaired) electrons. The summed E-state index contributed by atoms with van der Waals surface area (Å²) in [5.41, 5.74) is 3.07. The van der Waals surface area contributed by atoms with Crippen LogP contribution < -0.4 is 9.47 Å². The minimum atomic E-state index is 0.0789. The van der Waals surface area contributed by atoms with Crippen LogP contribution in [-0.2, 0) is 12.8 Å². The van der Waals surface area contributed by atoms with Crippen molar-refractivity contribution in [2.45, 2.75) is 32.1 Å². The molecule has 4 nitrogen and oxygen atoms in total. The molecule has 0 heterocycles. The zero-order valence-corrected chi connectivity index (χ0v) is 18.3. The molecule has 0 spiro atoms. The Kier molecular flexibility index (Phi) is 7.57. The number of likely N-dealkylation sites (N-methyl/N-ethyl adjacent to an activating group) is 1. The van der Waals surface area contributed by atoms with Crippen LogP contribution in [-0.4, -0.2) is 45.0 Å². The Hall–Kier alpha value is -2.04. The number of fused-ring (bicyclic) bond motifs is 1. The second-order valence-corrected chi connectivity index (χ2v) is 8.18. The Balaban J connectivity index is 1.43. The summed E-state index contributed by atoms with van der Waals surface area (Å²) in [4.78, 5) is 15.1. The third-order valence-electron chi connectivity index (χ3n) is 5.78. The molecule has 1 aliphatic rings. The van der Waals surface area contributed by atoms with Crippen LogP contribution >= 0.6 is 11.6 Å². The molecular formula is C24H30ClNO3. The average Bonchev–Trinajstić information content (AvgIpc) is 3.04. The molecule has 1 atom stereocenters. The number of rotatable bonds is 10. The molecule has 0 N–H and O–H groups in total. The van der Waals surface area contributed by atoms with E-state index in [0.717, 1.165) is 61.3 Å². The van der Waals surface area contributed by atoms with Crippen molar-refractivity contribution in [1.82, 2.24) is 4.90 Å². The first-order valence-corrected chi connectivity index (χ1v) is 10.6. The van der Waals surface area contributed by atoms with Gasteiger partial charge < -0.3 is 14.4 Å². The molecule has 0 aliphatic heterocycles. The number of ether oxygens (including phenoxy) is 2. The summed E-state index contributed by atoms with van der Waals surface area (Å²) in [5.74, 6) is 1.64. The molecular weight excluding hydrogens is 386 g/mol. The first-order chi connectivity index (χ1) is 14.0. The topological polar surface area (TPSA) is 38.8 Å². The Morgan fingerprint density at radius 2 is 1.79 bits per heavy atom. The molecule has 1 unspecified atom stereocenters. The van der Waals surface area contributed by atoms with E-state index in [1.165, 1.54) is 5.56 Å². The van der Waals surface area contributed by atoms with Gasteiger partial charge >= 0.3 is 0 Å². The number of halogens is 1. The number of carbonyl (C=O) groups excluding carboxylic acids is 1. The van der Waals surface area contributed by atoms with Gasteiger partial charge in [0.25, 0.3) is 0 Å². The number of methoxy groups -OCH3 is 2. The van der Waals surface area contributed by atoms with Crippen LogP contribution in [0.4, 0.5) is 0 Å². The van der Waals surface area contributed by atoms with Crippen LogP contribution in [0.3, 0.4) is 0 Å². The van der Waals surface area contributed by atoms with E-state index in [4.69, 9.17) is 21.1 Å². The molecule has 0 fully saturated rings. The summed E-state index contributed by atoms with van der Waals surface area (Å²) in [6.07, 6.45) is 4.82. The fraction of sp³-hybridized carbons (Fsp3) is 0.458. The molecule has 29 heavy (non-hydrogen) atoms. The van der Waals surface area contributed by atoms with Crippen LogP contribution in [0.25, 0.3) is 0 Å². The van der Waals surface area contributed by atoms with Crippen LogP contribution in [0.5, 0.6) is 11.5 Å². The SMILES string of the molecule is COc1cc2c(cc1OC)C(=O)C(CCCCN(C)CCc1ccccc1Cl)C2. The summed E-state index contributed by atoms with van der Waals surface area (Å²) in [6, 6.07) is 11.8. The number of hydrogen-bond acceptors (Lipinski definition) is 4. The lowest BCUT2D eigenvalue weighted by Gasteiger charge is -2.17. The first kappa shape index (κ1) is 21.7. The molecule has 3 rings (SSSR count). The van der Waals surface area contributed by atoms with Crippen molar-refractivity contribution in [2.75, 3.05) is 34.4 Å². The number of nitrogens with zero attached hydrogens (tertiary/aromatic N) is 1. The second kappa shape index (κ2) is 10.1. The van der Waals surface area contributed by atoms with Gasteiger partial charge in [-0.05, 0) is 68.6 Å². The monoisotopic (exact) mass is 415 g/mol. The Morgan fingerprint density at radius 1 is 1.07 bits per heavy atom. The molecule has 156 valence electrons. The minimum Gasteiger partial charge on any atom is -0.493 e. The Labute approximate surface area is 178 Å². The van der Waals surface area contributed by atoms with E-state index >= 15 is 0 Å². The molecule has 0 aromatic heterocycles. The van der Waals surface area contributed by atoms with Crippen LogP contribution in [0.1, 0.15) is 40.7 Å². The van der Waals surface area contributed by atoms with Gasteiger partial charge in [-0.2, -0.15) is 0 Å². The van der Waals surface area contributed by atoms with E-state index in [0.29, 0.717) is 11.5 Å². The maximum absolute atomic E-state index is 12.8. The van der Waals surface area contributed by atoms with Gasteiger partial charge in [0.1, 0.15) is 0 Å². The molecule has 2 aromatic carbocycles. The maximum Gasteiger partial charge on any atom is 0.166 e. The Morgan fingerprint density at radius 3 is 2.52 bits per heavy atom. The van der Waals surface area contributed by atoms with Crippen molar-refractivity contribution >= 4 is 17.4 Å². The summed E-state index contributed by atoms with van der Waals surface area (Å²) >= 11 is 6.23. The summed E-state index contributed by atoms with van der Waals surface area (Å²) in [7, 11) is 5.37. The lowest BCUT2D eigenvalue weighted by molar-refractivity contribution is 0.0928. The molecule has 0 saturated carbocycles. The van der Waals surface area contributed by atoms with Gasteiger partial charge in [0.15, 0.2) is 17.3 Å². The number of unbranched alkanes of at least 4 members (excludes halogenated alkanes) is 1. The number of carbonyl (C=O) groups is 1. The molecule has 1 aliphatic carbocycles. The van der Waals surface area contributed by atoms with Gasteiger partial charge in [-0.1, -0.05) is 36.2 Å². The first-order valence-electron chi connectivity index (χ1n) is 10.2. The molecule has 2 aromatic rings. The second-order valence-electron chi connectivity index (χ2n) is 7.77. The van der Waals surface area contributed by atoms with Gasteiger partial charge in [-0.25, -0.2) is 0 Å². The van der Waals surface area contributed by atoms with Crippen molar-refractivity contribution in [3.8, 4) is 11.5 Å². The third-order valence-corrected chi connectivity index (χ3v) is 6.14. The fourth-order valence-corrected chi connectivity index (χ4v) is 4.26. The maximum atomic E-state index is 12.8. The number of hydrogen-bond donors (Lipinski definition) is 0. The van der Waals surface area contributed by atoms with Gasteiger partial charge in [-0.15, -0.1) is 0 Å². The highest BCUT2D eigenvalue weighted by molar-refractivity contribution is 6.31. The van der Waals surface area contributed by atoms with E-state index in [1.54, 1.807) is 14.2 Å². The minimum absolute atomic E-state index is 0.0789. The van der Waals surface area contributed by atoms with Crippen molar-refractivity contribution < 1.29 is 14.3 Å². The highest BCUT2D eigenvalue weighted by Crippen LogP contribution is 2.38. The zero-order chi connectivity index (χ0) is 20.8. The summed E-state index contributed by atoms with van der Waals surface area (Å²) < 4.78 is 10.7. The largest absolute Gasteiger partial charge is 0.493 e. The molecule has 0 saturated heterocycles. The van der Waals surface area contributed by atoms with Gasteiger partial charge in [0, 0.05) is 23.0 Å². The predicted molar refractivity (Wildman–Crippen MR) is 118 cm³/mol. The lowest BCUT2D eigenvalue weighted by atomic mass is 9.98. The van der Waals surface area contributed by atoms with Crippen LogP contribution in [0.2, 0.25) is 5.02 Å². The number of ketones is 1. The Bertz CT molecular complexity index is 852. The van der Waals surface area contributed by atoms with Crippen LogP contribution in [0, 0.1) is 5.92 Å². The van der Waals surface area contributed by atoms with Crippen molar-refractivity contribution in [3.63, 3.8) is 0 Å². The van der Waals surface area contributed by atoms with E-state index in [1.807, 2.05) is 30.3 Å². The predicted octanol–water partition coefficient (Wildman–Crippen LogP) is 5.06. The quantitative estimate of drug-likeness (QED) is 0.508. The smallest absolute Gasteiger partial charge is 0.166 e. The standard InChI is InChI=1S/C24H30ClNO3/c1-26(13-11-17-8-4-5-10-21(17)25)12-7-6-9-18-14-19-15-22(28-2)23(29-3)16-20(19)24(18)27/h4-5,8,10,15-16,18H,6-7,9,11-14H2,1-3H3. The highest BCUT2D eigenvalue weighted by Gasteiger charge is 2.31. The summed E-state index contributed by atoms with van der Waals surface area (Å²) in [6.45, 7) is 2.01. The van der Waals surface area contributed by atoms with E-state index in [-0.39, 0.29) is 11.7 Å². The van der Waals surface area contributed by atoms with Crippen molar-refractivity contribution in [1.29, 1.82) is 0 Å². The van der Waals surface area contributed by atoms with Crippen molar-refractivity contribution in [3.05, 3.63) is 58.1 Å². The van der Waals surface area contributed by atoms with E-state index in [9.17, 15) is 4.79 Å². The summed E-state index contributed by atoms with van der Waals surface area (Å²) in [5, 5.41) is 0.841. The average molecular weight is 416 g/mol. The van der Waals surface area contributed by atoms with E-state index < -0.39 is 0 Å². The molecule has 0 bridgehead atoms. The van der Waals surface area contributed by atoms with E-state index in [2.05, 4.69) is 18.0 Å². The molecule has 0 amide bonds. The number of benzene rings is 2. The van der Waals surface area contributed by atoms with Gasteiger partial charge in [0.2, 0.25) is 0 Å². The third kappa shape index (κ3) is 5.31. The van der Waals surface area contributed by atoms with Gasteiger partial charge in [-0.3, -0.25) is 4.79 Å². The van der Waals surface area contributed by atoms with Crippen LogP contribution in [0.15, 0.2) is 36.4 Å². The van der Waals surface area contributed by atoms with Crippen molar-refractivity contribution in [2.24, 2.45) is 5.92 Å². The number of Topliss-reactive ketones (excluding diaryl/α,β-unsaturated/α-hetero) is 1. The molecule has 5 heteroatoms. The fourth-order valence-electron chi connectivity index (χ4n) is 4.03. The highest BCUT2D eigenvalue weighted by atomic mass is 35.5. The lowest BCUT2D eigenvalue weighted by Crippen LogP contribution is -2.22. The normalized spacial score (nSPS) is 15.6. The zero-order valence-electron chi connectivity index (χ0n) is 17.5.